The van der Waals surface area contributed by atoms with Crippen LogP contribution in [-0.2, 0) is 0 Å². The molecule has 0 fully saturated rings. The smallest absolute Gasteiger partial charge is 0.344 e. The molecule has 2 N–H and O–H groups in total. The third-order valence-corrected chi connectivity index (χ3v) is 4.62. The number of carbonyl (C=O) groups excluding carboxylic acids is 1. The molecule has 5 rings (SSSR count). The number of benzene rings is 3. The van der Waals surface area contributed by atoms with Gasteiger partial charge in [-0.25, -0.2) is 9.78 Å². The Labute approximate surface area is 166 Å². The first-order valence-electron chi connectivity index (χ1n) is 9.14. The molecule has 0 aliphatic heterocycles. The van der Waals surface area contributed by atoms with Gasteiger partial charge in [0.1, 0.15) is 5.69 Å². The fourth-order valence-electron chi connectivity index (χ4n) is 3.14. The number of nitrogens with zero attached hydrogens (tertiary/aromatic N) is 2. The molecule has 3 aromatic carbocycles. The van der Waals surface area contributed by atoms with Crippen LogP contribution in [0.15, 0.2) is 84.9 Å². The van der Waals surface area contributed by atoms with Crippen molar-refractivity contribution in [2.45, 2.75) is 0 Å². The number of esters is 1. The highest BCUT2D eigenvalue weighted by molar-refractivity contribution is 5.91. The number of fused-ring (bicyclic) bond motifs is 1. The fraction of sp³-hybridized carbons (Fsp3) is 0. The first kappa shape index (κ1) is 16.9. The Hall–Kier alpha value is -4.19. The van der Waals surface area contributed by atoms with E-state index < -0.39 is 5.97 Å². The summed E-state index contributed by atoms with van der Waals surface area (Å²) in [6.07, 6.45) is 0. The molecule has 29 heavy (non-hydrogen) atoms. The molecule has 0 radical (unpaired) electrons. The molecule has 5 aromatic rings. The third kappa shape index (κ3) is 3.39. The number of hydrogen-bond donors (Lipinski definition) is 2. The number of ether oxygens (including phenoxy) is 1. The molecule has 2 heterocycles. The lowest BCUT2D eigenvalue weighted by Gasteiger charge is -2.04. The minimum Gasteiger partial charge on any atom is -0.402 e. The molecule has 0 bridgehead atoms. The molecule has 0 saturated carbocycles. The van der Waals surface area contributed by atoms with Gasteiger partial charge in [-0.1, -0.05) is 54.6 Å². The molecule has 0 amide bonds. The van der Waals surface area contributed by atoms with E-state index in [2.05, 4.69) is 20.2 Å². The van der Waals surface area contributed by atoms with Gasteiger partial charge in [0.15, 0.2) is 5.82 Å². The Morgan fingerprint density at radius 2 is 1.55 bits per heavy atom. The van der Waals surface area contributed by atoms with Gasteiger partial charge in [-0.05, 0) is 35.4 Å². The van der Waals surface area contributed by atoms with Crippen LogP contribution in [0.3, 0.4) is 0 Å². The van der Waals surface area contributed by atoms with E-state index in [9.17, 15) is 4.79 Å². The summed E-state index contributed by atoms with van der Waals surface area (Å²) >= 11 is 0. The van der Waals surface area contributed by atoms with Gasteiger partial charge in [0.2, 0.25) is 5.88 Å². The zero-order valence-electron chi connectivity index (χ0n) is 15.3. The second-order valence-corrected chi connectivity index (χ2v) is 6.56. The number of carbonyl (C=O) groups is 1. The molecule has 0 spiro atoms. The van der Waals surface area contributed by atoms with E-state index in [0.717, 1.165) is 22.2 Å². The molecule has 6 nitrogen and oxygen atoms in total. The van der Waals surface area contributed by atoms with E-state index in [1.807, 2.05) is 66.7 Å². The number of rotatable bonds is 4. The van der Waals surface area contributed by atoms with Crippen LogP contribution in [0.2, 0.25) is 0 Å². The highest BCUT2D eigenvalue weighted by atomic mass is 16.5. The number of imidazole rings is 1. The van der Waals surface area contributed by atoms with Gasteiger partial charge in [-0.15, -0.1) is 5.10 Å². The van der Waals surface area contributed by atoms with Crippen LogP contribution in [0.4, 0.5) is 0 Å². The topological polar surface area (TPSA) is 83.7 Å². The van der Waals surface area contributed by atoms with Crippen LogP contribution in [0.1, 0.15) is 10.4 Å². The minimum atomic E-state index is -0.465. The maximum absolute atomic E-state index is 12.4. The Bertz CT molecular complexity index is 1250. The van der Waals surface area contributed by atoms with Crippen molar-refractivity contribution >= 4 is 17.0 Å². The van der Waals surface area contributed by atoms with Gasteiger partial charge in [0, 0.05) is 6.07 Å². The first-order valence-corrected chi connectivity index (χ1v) is 9.14. The van der Waals surface area contributed by atoms with Crippen molar-refractivity contribution in [1.29, 1.82) is 0 Å². The lowest BCUT2D eigenvalue weighted by Crippen LogP contribution is -2.08. The summed E-state index contributed by atoms with van der Waals surface area (Å²) in [5.74, 6) is 0.359. The van der Waals surface area contributed by atoms with Crippen molar-refractivity contribution in [1.82, 2.24) is 20.2 Å². The summed E-state index contributed by atoms with van der Waals surface area (Å²) in [7, 11) is 0. The van der Waals surface area contributed by atoms with Crippen LogP contribution in [-0.4, -0.2) is 26.1 Å². The number of aromatic nitrogens is 4. The standard InChI is InChI=1S/C23H16N4O2/c28-23(17-12-10-16(11-13-17)15-6-2-1-3-7-15)29-21-14-20(26-27-21)22-24-18-8-4-5-9-19(18)25-22/h1-14H,(H,24,25)(H,26,27). The highest BCUT2D eigenvalue weighted by Gasteiger charge is 2.14. The van der Waals surface area contributed by atoms with Crippen LogP contribution >= 0.6 is 0 Å². The van der Waals surface area contributed by atoms with Gasteiger partial charge >= 0.3 is 5.97 Å². The largest absolute Gasteiger partial charge is 0.402 e. The zero-order valence-corrected chi connectivity index (χ0v) is 15.3. The number of nitrogens with one attached hydrogen (secondary N) is 2. The van der Waals surface area contributed by atoms with Crippen LogP contribution in [0, 0.1) is 0 Å². The molecule has 0 aliphatic carbocycles. The number of H-pyrrole nitrogens is 2. The average Bonchev–Trinajstić information content (AvgIpc) is 3.41. The predicted molar refractivity (Wildman–Crippen MR) is 111 cm³/mol. The van der Waals surface area contributed by atoms with E-state index in [0.29, 0.717) is 17.1 Å². The summed E-state index contributed by atoms with van der Waals surface area (Å²) in [6, 6.07) is 26.7. The monoisotopic (exact) mass is 380 g/mol. The fourth-order valence-corrected chi connectivity index (χ4v) is 3.14. The van der Waals surface area contributed by atoms with E-state index in [-0.39, 0.29) is 5.88 Å². The summed E-state index contributed by atoms with van der Waals surface area (Å²) in [6.45, 7) is 0. The maximum Gasteiger partial charge on any atom is 0.344 e. The van der Waals surface area contributed by atoms with Crippen molar-refractivity contribution in [3.63, 3.8) is 0 Å². The Kier molecular flexibility index (Phi) is 4.14. The van der Waals surface area contributed by atoms with Gasteiger partial charge in [-0.2, -0.15) is 0 Å². The Morgan fingerprint density at radius 3 is 2.34 bits per heavy atom. The van der Waals surface area contributed by atoms with Gasteiger partial charge in [0.05, 0.1) is 16.6 Å². The molecule has 0 saturated heterocycles. The molecule has 0 aliphatic rings. The summed E-state index contributed by atoms with van der Waals surface area (Å²) in [4.78, 5) is 20.2. The van der Waals surface area contributed by atoms with E-state index in [1.165, 1.54) is 0 Å². The van der Waals surface area contributed by atoms with E-state index >= 15 is 0 Å². The van der Waals surface area contributed by atoms with Gasteiger partial charge in [0.25, 0.3) is 0 Å². The third-order valence-electron chi connectivity index (χ3n) is 4.62. The van der Waals surface area contributed by atoms with Crippen molar-refractivity contribution in [2.24, 2.45) is 0 Å². The summed E-state index contributed by atoms with van der Waals surface area (Å²) in [5, 5.41) is 6.91. The van der Waals surface area contributed by atoms with E-state index in [4.69, 9.17) is 4.74 Å². The van der Waals surface area contributed by atoms with Crippen LogP contribution in [0.25, 0.3) is 33.7 Å². The summed E-state index contributed by atoms with van der Waals surface area (Å²) in [5.41, 5.74) is 5.01. The predicted octanol–water partition coefficient (Wildman–Crippen LogP) is 4.84. The van der Waals surface area contributed by atoms with Gasteiger partial charge < -0.3 is 9.72 Å². The second-order valence-electron chi connectivity index (χ2n) is 6.56. The highest BCUT2D eigenvalue weighted by Crippen LogP contribution is 2.23. The van der Waals surface area contributed by atoms with Crippen LogP contribution < -0.4 is 4.74 Å². The molecular formula is C23H16N4O2. The molecule has 0 atom stereocenters. The summed E-state index contributed by atoms with van der Waals surface area (Å²) < 4.78 is 5.40. The Balaban J connectivity index is 1.32. The first-order chi connectivity index (χ1) is 14.3. The lowest BCUT2D eigenvalue weighted by molar-refractivity contribution is 0.0727. The van der Waals surface area contributed by atoms with Gasteiger partial charge in [-0.3, -0.25) is 5.10 Å². The number of hydrogen-bond acceptors (Lipinski definition) is 4. The van der Waals surface area contributed by atoms with Crippen LogP contribution in [0.5, 0.6) is 5.88 Å². The molecule has 140 valence electrons. The SMILES string of the molecule is O=C(Oc1cc(-c2nc3ccccc3[nH]2)[nH]n1)c1ccc(-c2ccccc2)cc1. The Morgan fingerprint density at radius 1 is 0.828 bits per heavy atom. The normalized spacial score (nSPS) is 10.9. The van der Waals surface area contributed by atoms with Crippen molar-refractivity contribution in [3.05, 3.63) is 90.5 Å². The molecule has 2 aromatic heterocycles. The maximum atomic E-state index is 12.4. The zero-order chi connectivity index (χ0) is 19.6. The number of aromatic amines is 2. The second kappa shape index (κ2) is 7.09. The van der Waals surface area contributed by atoms with Crippen molar-refractivity contribution in [2.75, 3.05) is 0 Å². The lowest BCUT2D eigenvalue weighted by atomic mass is 10.0. The average molecular weight is 380 g/mol. The van der Waals surface area contributed by atoms with Crippen molar-refractivity contribution in [3.8, 4) is 28.5 Å². The van der Waals surface area contributed by atoms with E-state index in [1.54, 1.807) is 18.2 Å². The molecule has 0 unspecified atom stereocenters. The molecule has 6 heteroatoms. The number of para-hydroxylation sites is 2. The quantitative estimate of drug-likeness (QED) is 0.437. The molecular weight excluding hydrogens is 364 g/mol. The minimum absolute atomic E-state index is 0.192. The van der Waals surface area contributed by atoms with Crippen molar-refractivity contribution < 1.29 is 9.53 Å².